The van der Waals surface area contributed by atoms with Gasteiger partial charge in [0.2, 0.25) is 5.95 Å². The van der Waals surface area contributed by atoms with Gasteiger partial charge in [0.1, 0.15) is 0 Å². The Hall–Kier alpha value is -1.81. The maximum atomic E-state index is 4.64. The second-order valence-corrected chi connectivity index (χ2v) is 5.82. The van der Waals surface area contributed by atoms with E-state index in [1.165, 1.54) is 5.56 Å². The number of anilines is 1. The fourth-order valence-electron chi connectivity index (χ4n) is 2.30. The zero-order valence-electron chi connectivity index (χ0n) is 11.5. The number of imidazole rings is 1. The number of benzene rings is 2. The molecular formula is C16H16BrN3. The molecule has 0 saturated heterocycles. The zero-order chi connectivity index (χ0) is 14.1. The molecule has 0 aliphatic carbocycles. The second-order valence-electron chi connectivity index (χ2n) is 4.90. The van der Waals surface area contributed by atoms with E-state index < -0.39 is 0 Å². The van der Waals surface area contributed by atoms with E-state index in [0.717, 1.165) is 21.5 Å². The quantitative estimate of drug-likeness (QED) is 0.766. The molecule has 0 radical (unpaired) electrons. The van der Waals surface area contributed by atoms with Gasteiger partial charge in [0.25, 0.3) is 0 Å². The van der Waals surface area contributed by atoms with E-state index in [0.29, 0.717) is 0 Å². The first kappa shape index (κ1) is 13.2. The Bertz CT molecular complexity index is 731. The minimum Gasteiger partial charge on any atom is -0.349 e. The fourth-order valence-corrected chi connectivity index (χ4v) is 2.57. The minimum absolute atomic E-state index is 0.207. The van der Waals surface area contributed by atoms with Gasteiger partial charge in [-0.15, -0.1) is 0 Å². The molecule has 20 heavy (non-hydrogen) atoms. The first-order valence-electron chi connectivity index (χ1n) is 6.58. The van der Waals surface area contributed by atoms with Crippen molar-refractivity contribution in [2.75, 3.05) is 5.32 Å². The molecule has 1 aromatic heterocycles. The largest absolute Gasteiger partial charge is 0.349 e. The summed E-state index contributed by atoms with van der Waals surface area (Å²) in [6.07, 6.45) is 0. The summed E-state index contributed by atoms with van der Waals surface area (Å²) in [6.45, 7) is 2.14. The third-order valence-electron chi connectivity index (χ3n) is 3.50. The van der Waals surface area contributed by atoms with Crippen LogP contribution in [0, 0.1) is 0 Å². The molecule has 1 N–H and O–H groups in total. The van der Waals surface area contributed by atoms with Crippen LogP contribution in [0.3, 0.4) is 0 Å². The Morgan fingerprint density at radius 2 is 1.80 bits per heavy atom. The van der Waals surface area contributed by atoms with Gasteiger partial charge in [-0.3, -0.25) is 0 Å². The number of nitrogens with one attached hydrogen (secondary N) is 1. The first-order chi connectivity index (χ1) is 9.65. The highest BCUT2D eigenvalue weighted by atomic mass is 79.9. The molecule has 0 aliphatic rings. The summed E-state index contributed by atoms with van der Waals surface area (Å²) < 4.78 is 3.18. The van der Waals surface area contributed by atoms with Crippen LogP contribution in [0.5, 0.6) is 0 Å². The standard InChI is InChI=1S/C16H16BrN3/c1-11(12-7-9-13(17)10-8-12)18-16-19-14-5-3-4-6-15(14)20(16)2/h3-11H,1-2H3,(H,18,19). The Morgan fingerprint density at radius 3 is 2.50 bits per heavy atom. The van der Waals surface area contributed by atoms with Crippen LogP contribution in [-0.4, -0.2) is 9.55 Å². The maximum Gasteiger partial charge on any atom is 0.204 e. The highest BCUT2D eigenvalue weighted by molar-refractivity contribution is 9.10. The van der Waals surface area contributed by atoms with Gasteiger partial charge in [0, 0.05) is 11.5 Å². The van der Waals surface area contributed by atoms with Gasteiger partial charge >= 0.3 is 0 Å². The van der Waals surface area contributed by atoms with Crippen molar-refractivity contribution in [2.45, 2.75) is 13.0 Å². The Kier molecular flexibility index (Phi) is 3.49. The molecule has 1 unspecified atom stereocenters. The van der Waals surface area contributed by atoms with Crippen LogP contribution < -0.4 is 5.32 Å². The van der Waals surface area contributed by atoms with Crippen LogP contribution in [0.2, 0.25) is 0 Å². The lowest BCUT2D eigenvalue weighted by Crippen LogP contribution is -2.10. The van der Waals surface area contributed by atoms with E-state index in [4.69, 9.17) is 0 Å². The highest BCUT2D eigenvalue weighted by Crippen LogP contribution is 2.23. The van der Waals surface area contributed by atoms with Crippen LogP contribution in [0.1, 0.15) is 18.5 Å². The fraction of sp³-hybridized carbons (Fsp3) is 0.188. The first-order valence-corrected chi connectivity index (χ1v) is 7.38. The third kappa shape index (κ3) is 2.43. The summed E-state index contributed by atoms with van der Waals surface area (Å²) in [4.78, 5) is 4.64. The lowest BCUT2D eigenvalue weighted by atomic mass is 10.1. The SMILES string of the molecule is CC(Nc1nc2ccccc2n1C)c1ccc(Br)cc1. The molecule has 1 heterocycles. The predicted octanol–water partition coefficient (Wildman–Crippen LogP) is 4.51. The van der Waals surface area contributed by atoms with Crippen LogP contribution in [0.4, 0.5) is 5.95 Å². The monoisotopic (exact) mass is 329 g/mol. The van der Waals surface area contributed by atoms with Gasteiger partial charge in [0.05, 0.1) is 17.1 Å². The van der Waals surface area contributed by atoms with Crippen molar-refractivity contribution in [2.24, 2.45) is 7.05 Å². The van der Waals surface area contributed by atoms with Gasteiger partial charge < -0.3 is 9.88 Å². The molecule has 0 spiro atoms. The molecule has 2 aromatic carbocycles. The number of hydrogen-bond acceptors (Lipinski definition) is 2. The van der Waals surface area contributed by atoms with Crippen molar-refractivity contribution < 1.29 is 0 Å². The smallest absolute Gasteiger partial charge is 0.204 e. The molecule has 3 nitrogen and oxygen atoms in total. The van der Waals surface area contributed by atoms with Crippen molar-refractivity contribution in [1.82, 2.24) is 9.55 Å². The van der Waals surface area contributed by atoms with Gasteiger partial charge in [-0.1, -0.05) is 40.2 Å². The molecule has 0 bridgehead atoms. The van der Waals surface area contributed by atoms with Gasteiger partial charge in [0.15, 0.2) is 0 Å². The Morgan fingerprint density at radius 1 is 1.10 bits per heavy atom. The topological polar surface area (TPSA) is 29.9 Å². The number of hydrogen-bond donors (Lipinski definition) is 1. The van der Waals surface area contributed by atoms with Crippen molar-refractivity contribution >= 4 is 32.9 Å². The van der Waals surface area contributed by atoms with E-state index in [-0.39, 0.29) is 6.04 Å². The minimum atomic E-state index is 0.207. The second kappa shape index (κ2) is 5.29. The van der Waals surface area contributed by atoms with Crippen molar-refractivity contribution in [3.05, 3.63) is 58.6 Å². The third-order valence-corrected chi connectivity index (χ3v) is 4.03. The summed E-state index contributed by atoms with van der Waals surface area (Å²) in [7, 11) is 2.03. The molecule has 3 aromatic rings. The van der Waals surface area contributed by atoms with Crippen LogP contribution in [-0.2, 0) is 7.05 Å². The summed E-state index contributed by atoms with van der Waals surface area (Å²) in [6, 6.07) is 16.7. The molecular weight excluding hydrogens is 314 g/mol. The number of rotatable bonds is 3. The molecule has 0 amide bonds. The molecule has 0 saturated carbocycles. The van der Waals surface area contributed by atoms with Crippen LogP contribution in [0.25, 0.3) is 11.0 Å². The van der Waals surface area contributed by atoms with E-state index in [2.05, 4.69) is 68.1 Å². The van der Waals surface area contributed by atoms with Crippen LogP contribution in [0.15, 0.2) is 53.0 Å². The van der Waals surface area contributed by atoms with E-state index in [1.807, 2.05) is 25.2 Å². The number of para-hydroxylation sites is 2. The Balaban J connectivity index is 1.89. The lowest BCUT2D eigenvalue weighted by Gasteiger charge is -2.15. The number of aromatic nitrogens is 2. The summed E-state index contributed by atoms with van der Waals surface area (Å²) in [5.74, 6) is 0.890. The summed E-state index contributed by atoms with van der Waals surface area (Å²) in [5, 5.41) is 3.47. The molecule has 0 fully saturated rings. The molecule has 102 valence electrons. The lowest BCUT2D eigenvalue weighted by molar-refractivity contribution is 0.832. The average molecular weight is 330 g/mol. The molecule has 3 rings (SSSR count). The van der Waals surface area contributed by atoms with Crippen LogP contribution >= 0.6 is 15.9 Å². The van der Waals surface area contributed by atoms with Crippen molar-refractivity contribution in [3.8, 4) is 0 Å². The molecule has 0 aliphatic heterocycles. The van der Waals surface area contributed by atoms with E-state index in [1.54, 1.807) is 0 Å². The Labute approximate surface area is 126 Å². The van der Waals surface area contributed by atoms with Gasteiger partial charge in [-0.2, -0.15) is 0 Å². The zero-order valence-corrected chi connectivity index (χ0v) is 13.1. The number of halogens is 1. The van der Waals surface area contributed by atoms with E-state index >= 15 is 0 Å². The number of nitrogens with zero attached hydrogens (tertiary/aromatic N) is 2. The van der Waals surface area contributed by atoms with Crippen molar-refractivity contribution in [3.63, 3.8) is 0 Å². The highest BCUT2D eigenvalue weighted by Gasteiger charge is 2.11. The molecule has 4 heteroatoms. The average Bonchev–Trinajstić information content (AvgIpc) is 2.77. The normalized spacial score (nSPS) is 12.6. The van der Waals surface area contributed by atoms with E-state index in [9.17, 15) is 0 Å². The summed E-state index contributed by atoms with van der Waals surface area (Å²) in [5.41, 5.74) is 3.39. The number of fused-ring (bicyclic) bond motifs is 1. The number of aryl methyl sites for hydroxylation is 1. The predicted molar refractivity (Wildman–Crippen MR) is 86.9 cm³/mol. The van der Waals surface area contributed by atoms with Crippen molar-refractivity contribution in [1.29, 1.82) is 0 Å². The summed E-state index contributed by atoms with van der Waals surface area (Å²) >= 11 is 3.46. The van der Waals surface area contributed by atoms with Gasteiger partial charge in [-0.05, 0) is 36.8 Å². The maximum absolute atomic E-state index is 4.64. The molecule has 1 atom stereocenters. The van der Waals surface area contributed by atoms with Gasteiger partial charge in [-0.25, -0.2) is 4.98 Å².